The largest absolute Gasteiger partial charge is 0.506 e. The van der Waals surface area contributed by atoms with E-state index >= 15 is 0 Å². The molecule has 0 unspecified atom stereocenters. The van der Waals surface area contributed by atoms with E-state index in [0.717, 1.165) is 0 Å². The van der Waals surface area contributed by atoms with Crippen LogP contribution in [-0.4, -0.2) is 62.8 Å². The summed E-state index contributed by atoms with van der Waals surface area (Å²) in [6.45, 7) is 0.935. The summed E-state index contributed by atoms with van der Waals surface area (Å²) in [5, 5.41) is 51.0. The van der Waals surface area contributed by atoms with E-state index in [1.165, 1.54) is 6.07 Å². The molecule has 0 saturated carbocycles. The van der Waals surface area contributed by atoms with E-state index in [0.29, 0.717) is 22.1 Å². The van der Waals surface area contributed by atoms with Gasteiger partial charge in [0.2, 0.25) is 0 Å². The number of aromatic hydroxyl groups is 1. The maximum absolute atomic E-state index is 12.4. The molecule has 2 aromatic carbocycles. The fourth-order valence-corrected chi connectivity index (χ4v) is 3.76. The number of aliphatic hydroxyl groups excluding tert-OH is 4. The van der Waals surface area contributed by atoms with Gasteiger partial charge in [-0.25, -0.2) is 0 Å². The van der Waals surface area contributed by atoms with Crippen molar-refractivity contribution < 1.29 is 39.4 Å². The van der Waals surface area contributed by atoms with Crippen LogP contribution in [0.5, 0.6) is 5.75 Å². The fraction of sp³-hybridized carbons (Fsp3) is 0.381. The lowest BCUT2D eigenvalue weighted by Gasteiger charge is -2.39. The summed E-state index contributed by atoms with van der Waals surface area (Å²) >= 11 is 0. The molecular weight excluding hydrogens is 396 g/mol. The first kappa shape index (κ1) is 20.7. The van der Waals surface area contributed by atoms with Gasteiger partial charge in [0, 0.05) is 11.5 Å². The van der Waals surface area contributed by atoms with Gasteiger partial charge in [-0.15, -0.1) is 0 Å². The molecular formula is C21H22O9. The van der Waals surface area contributed by atoms with Crippen LogP contribution < -0.4 is 5.43 Å². The van der Waals surface area contributed by atoms with Crippen LogP contribution in [0, 0.1) is 6.92 Å². The molecule has 0 spiro atoms. The first-order valence-electron chi connectivity index (χ1n) is 9.42. The molecule has 2 heterocycles. The molecule has 30 heavy (non-hydrogen) atoms. The molecule has 5 atom stereocenters. The number of hydrogen-bond acceptors (Lipinski definition) is 9. The monoisotopic (exact) mass is 418 g/mol. The Morgan fingerprint density at radius 1 is 1.07 bits per heavy atom. The maximum Gasteiger partial charge on any atom is 0.196 e. The summed E-state index contributed by atoms with van der Waals surface area (Å²) < 4.78 is 16.5. The number of hydrogen-bond donors (Lipinski definition) is 5. The minimum absolute atomic E-state index is 0.0494. The van der Waals surface area contributed by atoms with Crippen molar-refractivity contribution in [3.05, 3.63) is 51.9 Å². The summed E-state index contributed by atoms with van der Waals surface area (Å²) in [4.78, 5) is 12.4. The highest BCUT2D eigenvalue weighted by Gasteiger charge is 2.44. The van der Waals surface area contributed by atoms with E-state index in [2.05, 4.69) is 0 Å². The molecule has 3 aromatic rings. The average Bonchev–Trinajstić information content (AvgIpc) is 2.71. The minimum atomic E-state index is -1.56. The third-order valence-corrected chi connectivity index (χ3v) is 5.29. The summed E-state index contributed by atoms with van der Waals surface area (Å²) in [7, 11) is 0. The SMILES string of the molecule is Cc1cc(=O)c2c(O)c3c(CO[C@H]4O[C@H](CO)[C@@H](O)[C@H](O)[C@H]4O)cccc3cc2o1. The van der Waals surface area contributed by atoms with Gasteiger partial charge in [-0.05, 0) is 23.9 Å². The van der Waals surface area contributed by atoms with E-state index in [-0.39, 0.29) is 28.8 Å². The van der Waals surface area contributed by atoms with Gasteiger partial charge in [-0.2, -0.15) is 0 Å². The van der Waals surface area contributed by atoms with Crippen molar-refractivity contribution in [2.75, 3.05) is 6.61 Å². The number of ether oxygens (including phenoxy) is 2. The van der Waals surface area contributed by atoms with Crippen molar-refractivity contribution in [1.29, 1.82) is 0 Å². The van der Waals surface area contributed by atoms with Crippen LogP contribution in [0.3, 0.4) is 0 Å². The van der Waals surface area contributed by atoms with Crippen LogP contribution in [0.25, 0.3) is 21.7 Å². The van der Waals surface area contributed by atoms with Crippen LogP contribution in [0.4, 0.5) is 0 Å². The molecule has 1 saturated heterocycles. The Bertz CT molecular complexity index is 1140. The zero-order chi connectivity index (χ0) is 21.6. The Morgan fingerprint density at radius 3 is 2.57 bits per heavy atom. The Hall–Kier alpha value is -2.53. The molecule has 5 N–H and O–H groups in total. The zero-order valence-corrected chi connectivity index (χ0v) is 16.1. The van der Waals surface area contributed by atoms with Gasteiger partial charge in [-0.1, -0.05) is 18.2 Å². The first-order chi connectivity index (χ1) is 14.3. The van der Waals surface area contributed by atoms with Crippen LogP contribution in [0.2, 0.25) is 0 Å². The topological polar surface area (TPSA) is 150 Å². The van der Waals surface area contributed by atoms with Gasteiger partial charge in [0.1, 0.15) is 46.9 Å². The Morgan fingerprint density at radius 2 is 1.83 bits per heavy atom. The van der Waals surface area contributed by atoms with Crippen molar-refractivity contribution in [3.63, 3.8) is 0 Å². The van der Waals surface area contributed by atoms with E-state index in [1.807, 2.05) is 0 Å². The number of fused-ring (bicyclic) bond motifs is 2. The smallest absolute Gasteiger partial charge is 0.196 e. The molecule has 1 aromatic heterocycles. The molecule has 9 nitrogen and oxygen atoms in total. The Kier molecular flexibility index (Phi) is 5.49. The van der Waals surface area contributed by atoms with Gasteiger partial charge in [-0.3, -0.25) is 4.79 Å². The maximum atomic E-state index is 12.4. The van der Waals surface area contributed by atoms with Gasteiger partial charge in [0.05, 0.1) is 13.2 Å². The predicted octanol–water partition coefficient (Wildman–Crippen LogP) is 0.277. The summed E-state index contributed by atoms with van der Waals surface area (Å²) in [5.41, 5.74) is 0.388. The number of rotatable bonds is 4. The van der Waals surface area contributed by atoms with Gasteiger partial charge < -0.3 is 39.4 Å². The number of phenolic OH excluding ortho intramolecular Hbond substituents is 1. The molecule has 160 valence electrons. The second-order valence-corrected chi connectivity index (χ2v) is 7.34. The minimum Gasteiger partial charge on any atom is -0.506 e. The number of benzene rings is 2. The molecule has 0 bridgehead atoms. The third-order valence-electron chi connectivity index (χ3n) is 5.29. The summed E-state index contributed by atoms with van der Waals surface area (Å²) in [6, 6.07) is 8.09. The summed E-state index contributed by atoms with van der Waals surface area (Å²) in [6.07, 6.45) is -6.99. The molecule has 1 fully saturated rings. The number of aryl methyl sites for hydroxylation is 1. The highest BCUT2D eigenvalue weighted by molar-refractivity contribution is 6.04. The second-order valence-electron chi connectivity index (χ2n) is 7.34. The molecule has 9 heteroatoms. The lowest BCUT2D eigenvalue weighted by atomic mass is 9.99. The van der Waals surface area contributed by atoms with Crippen molar-refractivity contribution in [2.24, 2.45) is 0 Å². The lowest BCUT2D eigenvalue weighted by Crippen LogP contribution is -2.59. The Balaban J connectivity index is 1.70. The number of phenols is 1. The molecule has 4 rings (SSSR count). The molecule has 0 aliphatic carbocycles. The summed E-state index contributed by atoms with van der Waals surface area (Å²) in [5.74, 6) is 0.178. The van der Waals surface area contributed by atoms with Crippen molar-refractivity contribution in [2.45, 2.75) is 44.2 Å². The second kappa shape index (κ2) is 7.95. The van der Waals surface area contributed by atoms with Crippen molar-refractivity contribution in [3.8, 4) is 5.75 Å². The standard InChI is InChI=1S/C21H22O9/c1-9-5-12(23)16-13(29-9)6-10-3-2-4-11(15(10)18(16)25)8-28-21-20(27)19(26)17(24)14(7-22)30-21/h2-6,14,17,19-22,24-27H,7-8H2,1H3/t14-,17-,19+,20-,21+/m1/s1. The lowest BCUT2D eigenvalue weighted by molar-refractivity contribution is -0.304. The molecule has 1 aliphatic rings. The van der Waals surface area contributed by atoms with E-state index in [1.54, 1.807) is 31.2 Å². The average molecular weight is 418 g/mol. The normalized spacial score (nSPS) is 27.0. The first-order valence-corrected chi connectivity index (χ1v) is 9.42. The van der Waals surface area contributed by atoms with Crippen LogP contribution in [0.1, 0.15) is 11.3 Å². The Labute approximate surface area is 170 Å². The van der Waals surface area contributed by atoms with Gasteiger partial charge >= 0.3 is 0 Å². The quantitative estimate of drug-likeness (QED) is 0.376. The number of aliphatic hydroxyl groups is 4. The molecule has 0 radical (unpaired) electrons. The molecule has 1 aliphatic heterocycles. The third kappa shape index (κ3) is 3.45. The zero-order valence-electron chi connectivity index (χ0n) is 16.1. The van der Waals surface area contributed by atoms with Crippen molar-refractivity contribution >= 4 is 21.7 Å². The predicted molar refractivity (Wildman–Crippen MR) is 105 cm³/mol. The molecule has 0 amide bonds. The van der Waals surface area contributed by atoms with E-state index in [4.69, 9.17) is 13.9 Å². The fourth-order valence-electron chi connectivity index (χ4n) is 3.76. The van der Waals surface area contributed by atoms with Crippen molar-refractivity contribution in [1.82, 2.24) is 0 Å². The van der Waals surface area contributed by atoms with Crippen LogP contribution >= 0.6 is 0 Å². The van der Waals surface area contributed by atoms with E-state index in [9.17, 15) is 30.3 Å². The van der Waals surface area contributed by atoms with Gasteiger partial charge in [0.25, 0.3) is 0 Å². The van der Waals surface area contributed by atoms with E-state index < -0.39 is 37.3 Å². The van der Waals surface area contributed by atoms with Gasteiger partial charge in [0.15, 0.2) is 11.7 Å². The van der Waals surface area contributed by atoms with Crippen LogP contribution in [-0.2, 0) is 16.1 Å². The van der Waals surface area contributed by atoms with Crippen LogP contribution in [0.15, 0.2) is 39.5 Å². The highest BCUT2D eigenvalue weighted by atomic mass is 16.7. The highest BCUT2D eigenvalue weighted by Crippen LogP contribution is 2.35.